The highest BCUT2D eigenvalue weighted by atomic mass is 35.5. The highest BCUT2D eigenvalue weighted by Gasteiger charge is 2.26. The number of nitro groups is 1. The van der Waals surface area contributed by atoms with Crippen LogP contribution in [0.15, 0.2) is 60.7 Å². The lowest BCUT2D eigenvalue weighted by Gasteiger charge is -2.36. The minimum absolute atomic E-state index is 0.0543. The van der Waals surface area contributed by atoms with Gasteiger partial charge in [-0.1, -0.05) is 11.6 Å². The van der Waals surface area contributed by atoms with Crippen LogP contribution in [0.1, 0.15) is 40.0 Å². The van der Waals surface area contributed by atoms with E-state index in [9.17, 15) is 19.7 Å². The van der Waals surface area contributed by atoms with Crippen LogP contribution in [0.25, 0.3) is 0 Å². The lowest BCUT2D eigenvalue weighted by Crippen LogP contribution is -2.48. The number of anilines is 3. The molecule has 0 saturated carbocycles. The molecule has 214 valence electrons. The number of nitrogens with zero attached hydrogens (tertiary/aromatic N) is 4. The number of halogens is 1. The molecule has 2 amide bonds. The first-order chi connectivity index (χ1) is 19.8. The monoisotopic (exact) mass is 577 g/mol. The molecule has 2 aliphatic heterocycles. The lowest BCUT2D eigenvalue weighted by atomic mass is 10.1. The van der Waals surface area contributed by atoms with E-state index in [1.54, 1.807) is 47.4 Å². The minimum atomic E-state index is -0.422. The molecule has 0 atom stereocenters. The van der Waals surface area contributed by atoms with Crippen LogP contribution in [0, 0.1) is 10.1 Å². The predicted octanol–water partition coefficient (Wildman–Crippen LogP) is 5.46. The molecule has 41 heavy (non-hydrogen) atoms. The number of hydrogen-bond donors (Lipinski definition) is 1. The summed E-state index contributed by atoms with van der Waals surface area (Å²) in [6.45, 7) is 3.93. The second-order valence-electron chi connectivity index (χ2n) is 10.1. The Kier molecular flexibility index (Phi) is 8.58. The molecule has 2 saturated heterocycles. The van der Waals surface area contributed by atoms with E-state index in [0.29, 0.717) is 53.9 Å². The average molecular weight is 578 g/mol. The molecule has 0 spiro atoms. The second kappa shape index (κ2) is 12.5. The van der Waals surface area contributed by atoms with Crippen LogP contribution >= 0.6 is 11.6 Å². The van der Waals surface area contributed by atoms with Crippen LogP contribution in [0.5, 0.6) is 5.75 Å². The van der Waals surface area contributed by atoms with Gasteiger partial charge < -0.3 is 24.8 Å². The van der Waals surface area contributed by atoms with Crippen molar-refractivity contribution in [2.75, 3.05) is 61.5 Å². The van der Waals surface area contributed by atoms with Crippen LogP contribution < -0.4 is 19.9 Å². The first-order valence-corrected chi connectivity index (χ1v) is 14.0. The third kappa shape index (κ3) is 6.38. The quantitative estimate of drug-likeness (QED) is 0.293. The van der Waals surface area contributed by atoms with Gasteiger partial charge in [-0.05, 0) is 73.9 Å². The molecule has 2 fully saturated rings. The van der Waals surface area contributed by atoms with Crippen molar-refractivity contribution in [3.63, 3.8) is 0 Å². The molecule has 0 radical (unpaired) electrons. The number of methoxy groups -OCH3 is 1. The number of carbonyl (C=O) groups excluding carboxylic acids is 2. The molecule has 0 unspecified atom stereocenters. The van der Waals surface area contributed by atoms with Crippen molar-refractivity contribution in [1.29, 1.82) is 0 Å². The molecule has 0 bridgehead atoms. The summed E-state index contributed by atoms with van der Waals surface area (Å²) in [4.78, 5) is 43.3. The van der Waals surface area contributed by atoms with Crippen LogP contribution in [-0.4, -0.2) is 68.0 Å². The van der Waals surface area contributed by atoms with E-state index < -0.39 is 10.8 Å². The van der Waals surface area contributed by atoms with Crippen molar-refractivity contribution in [3.05, 3.63) is 86.9 Å². The van der Waals surface area contributed by atoms with Gasteiger partial charge in [-0.15, -0.1) is 0 Å². The topological polar surface area (TPSA) is 108 Å². The first-order valence-electron chi connectivity index (χ1n) is 13.7. The highest BCUT2D eigenvalue weighted by Crippen LogP contribution is 2.32. The number of ether oxygens (including phenoxy) is 1. The first kappa shape index (κ1) is 28.2. The lowest BCUT2D eigenvalue weighted by molar-refractivity contribution is -0.384. The summed E-state index contributed by atoms with van der Waals surface area (Å²) in [7, 11) is 1.53. The van der Waals surface area contributed by atoms with E-state index in [-0.39, 0.29) is 17.2 Å². The Morgan fingerprint density at radius 2 is 1.59 bits per heavy atom. The van der Waals surface area contributed by atoms with Gasteiger partial charge in [0.2, 0.25) is 0 Å². The number of piperidine rings is 1. The van der Waals surface area contributed by atoms with E-state index in [2.05, 4.69) is 10.2 Å². The Balaban J connectivity index is 1.20. The minimum Gasteiger partial charge on any atom is -0.496 e. The van der Waals surface area contributed by atoms with Gasteiger partial charge in [-0.2, -0.15) is 0 Å². The van der Waals surface area contributed by atoms with Crippen molar-refractivity contribution >= 4 is 46.2 Å². The van der Waals surface area contributed by atoms with Gasteiger partial charge in [0.1, 0.15) is 11.4 Å². The van der Waals surface area contributed by atoms with E-state index in [1.807, 2.05) is 17.0 Å². The Bertz CT molecular complexity index is 1430. The normalized spacial score (nSPS) is 15.4. The predicted molar refractivity (Wildman–Crippen MR) is 160 cm³/mol. The Labute approximate surface area is 243 Å². The molecule has 5 rings (SSSR count). The zero-order valence-electron chi connectivity index (χ0n) is 22.8. The summed E-state index contributed by atoms with van der Waals surface area (Å²) < 4.78 is 5.34. The van der Waals surface area contributed by atoms with E-state index >= 15 is 0 Å². The van der Waals surface area contributed by atoms with Gasteiger partial charge in [-0.25, -0.2) is 0 Å². The fourth-order valence-electron chi connectivity index (χ4n) is 5.36. The SMILES string of the molecule is COc1ccc(Cl)cc1C(=O)N1CCN(c2ccc(NC(=O)c3ccc(N4CCCCC4)c([N+](=O)[O-])c3)cc2)CC1. The second-order valence-corrected chi connectivity index (χ2v) is 10.6. The maximum atomic E-state index is 13.1. The number of piperazine rings is 1. The van der Waals surface area contributed by atoms with Gasteiger partial charge in [0.15, 0.2) is 0 Å². The fourth-order valence-corrected chi connectivity index (χ4v) is 5.53. The number of hydrogen-bond acceptors (Lipinski definition) is 7. The smallest absolute Gasteiger partial charge is 0.293 e. The van der Waals surface area contributed by atoms with Crippen molar-refractivity contribution in [1.82, 2.24) is 4.90 Å². The van der Waals surface area contributed by atoms with Crippen LogP contribution in [-0.2, 0) is 0 Å². The summed E-state index contributed by atoms with van der Waals surface area (Å²) in [5.41, 5.74) is 2.74. The zero-order chi connectivity index (χ0) is 28.9. The maximum Gasteiger partial charge on any atom is 0.293 e. The summed E-state index contributed by atoms with van der Waals surface area (Å²) in [5.74, 6) is -0.0344. The number of amides is 2. The molecule has 0 aliphatic carbocycles. The summed E-state index contributed by atoms with van der Waals surface area (Å²) in [6, 6.07) is 17.1. The molecular formula is C30H32ClN5O5. The van der Waals surface area contributed by atoms with Crippen LogP contribution in [0.4, 0.5) is 22.7 Å². The van der Waals surface area contributed by atoms with Gasteiger partial charge >= 0.3 is 0 Å². The Morgan fingerprint density at radius 1 is 0.878 bits per heavy atom. The summed E-state index contributed by atoms with van der Waals surface area (Å²) >= 11 is 6.10. The van der Waals surface area contributed by atoms with Crippen LogP contribution in [0.2, 0.25) is 5.02 Å². The molecule has 2 aliphatic rings. The number of nitrogens with one attached hydrogen (secondary N) is 1. The van der Waals surface area contributed by atoms with Crippen molar-refractivity contribution in [2.24, 2.45) is 0 Å². The van der Waals surface area contributed by atoms with E-state index in [1.165, 1.54) is 13.2 Å². The fraction of sp³-hybridized carbons (Fsp3) is 0.333. The van der Waals surface area contributed by atoms with Gasteiger partial charge in [0, 0.05) is 67.3 Å². The largest absolute Gasteiger partial charge is 0.496 e. The molecule has 3 aromatic rings. The van der Waals surface area contributed by atoms with Gasteiger partial charge in [0.05, 0.1) is 17.6 Å². The third-order valence-corrected chi connectivity index (χ3v) is 7.82. The molecule has 10 nitrogen and oxygen atoms in total. The molecule has 0 aromatic heterocycles. The summed E-state index contributed by atoms with van der Waals surface area (Å²) in [6.07, 6.45) is 3.13. The van der Waals surface area contributed by atoms with Crippen molar-refractivity contribution in [3.8, 4) is 5.75 Å². The van der Waals surface area contributed by atoms with Crippen molar-refractivity contribution < 1.29 is 19.2 Å². The van der Waals surface area contributed by atoms with Crippen LogP contribution in [0.3, 0.4) is 0 Å². The maximum absolute atomic E-state index is 13.1. The van der Waals surface area contributed by atoms with Crippen molar-refractivity contribution in [2.45, 2.75) is 19.3 Å². The Hall–Kier alpha value is -4.31. The third-order valence-electron chi connectivity index (χ3n) is 7.58. The molecule has 1 N–H and O–H groups in total. The zero-order valence-corrected chi connectivity index (χ0v) is 23.6. The molecule has 2 heterocycles. The standard InChI is InChI=1S/C30H32ClN5O5/c1-41-28-12-6-22(31)20-25(28)30(38)35-17-15-33(16-18-35)24-9-7-23(8-10-24)32-29(37)21-5-11-26(27(19-21)36(39)40)34-13-3-2-4-14-34/h5-12,19-20H,2-4,13-18H2,1H3,(H,32,37). The molecule has 11 heteroatoms. The summed E-state index contributed by atoms with van der Waals surface area (Å²) in [5, 5.41) is 15.1. The number of rotatable bonds is 7. The van der Waals surface area contributed by atoms with E-state index in [4.69, 9.17) is 16.3 Å². The van der Waals surface area contributed by atoms with Gasteiger partial charge in [0.25, 0.3) is 17.5 Å². The number of carbonyl (C=O) groups is 2. The molecule has 3 aromatic carbocycles. The van der Waals surface area contributed by atoms with E-state index in [0.717, 1.165) is 38.0 Å². The highest BCUT2D eigenvalue weighted by molar-refractivity contribution is 6.31. The van der Waals surface area contributed by atoms with Gasteiger partial charge in [-0.3, -0.25) is 19.7 Å². The number of benzene rings is 3. The molecular weight excluding hydrogens is 546 g/mol. The Morgan fingerprint density at radius 3 is 2.24 bits per heavy atom. The average Bonchev–Trinajstić information content (AvgIpc) is 3.01. The number of nitro benzene ring substituents is 1.